The van der Waals surface area contributed by atoms with Gasteiger partial charge in [0.05, 0.1) is 24.1 Å². The monoisotopic (exact) mass is 413 g/mol. The first-order chi connectivity index (χ1) is 14.3. The number of hydrogen-bond acceptors (Lipinski definition) is 6. The van der Waals surface area contributed by atoms with E-state index in [4.69, 9.17) is 16.3 Å². The minimum Gasteiger partial charge on any atom is -0.490 e. The number of fused-ring (bicyclic) bond motifs is 1. The smallest absolute Gasteiger partial charge is 0.153 e. The topological polar surface area (TPSA) is 44.7 Å². The van der Waals surface area contributed by atoms with Crippen LogP contribution in [-0.4, -0.2) is 66.5 Å². The molecule has 1 saturated carbocycles. The fourth-order valence-electron chi connectivity index (χ4n) is 5.15. The summed E-state index contributed by atoms with van der Waals surface area (Å²) in [7, 11) is 0. The van der Waals surface area contributed by atoms with E-state index in [0.29, 0.717) is 17.2 Å². The van der Waals surface area contributed by atoms with E-state index < -0.39 is 0 Å². The molecule has 29 heavy (non-hydrogen) atoms. The molecule has 1 aromatic carbocycles. The summed E-state index contributed by atoms with van der Waals surface area (Å²) in [6.07, 6.45) is 6.92. The Labute approximate surface area is 177 Å². The van der Waals surface area contributed by atoms with Crippen molar-refractivity contribution in [1.29, 1.82) is 0 Å². The van der Waals surface area contributed by atoms with E-state index in [1.807, 2.05) is 12.3 Å². The van der Waals surface area contributed by atoms with Gasteiger partial charge >= 0.3 is 0 Å². The van der Waals surface area contributed by atoms with Gasteiger partial charge in [-0.05, 0) is 37.8 Å². The van der Waals surface area contributed by atoms with Gasteiger partial charge in [0.25, 0.3) is 0 Å². The van der Waals surface area contributed by atoms with E-state index in [2.05, 4.69) is 49.2 Å². The second-order valence-electron chi connectivity index (χ2n) is 8.23. The van der Waals surface area contributed by atoms with Crippen LogP contribution in [0.3, 0.4) is 0 Å². The molecule has 0 radical (unpaired) electrons. The maximum Gasteiger partial charge on any atom is 0.153 e. The van der Waals surface area contributed by atoms with Crippen LogP contribution in [0, 0.1) is 0 Å². The Morgan fingerprint density at radius 2 is 1.69 bits per heavy atom. The number of rotatable bonds is 3. The van der Waals surface area contributed by atoms with Gasteiger partial charge in [0, 0.05) is 44.3 Å². The van der Waals surface area contributed by atoms with Crippen LogP contribution in [0.2, 0.25) is 5.15 Å². The zero-order valence-electron chi connectivity index (χ0n) is 16.7. The van der Waals surface area contributed by atoms with Crippen LogP contribution in [0.15, 0.2) is 36.5 Å². The Balaban J connectivity index is 1.15. The van der Waals surface area contributed by atoms with Gasteiger partial charge in [-0.3, -0.25) is 4.90 Å². The van der Waals surface area contributed by atoms with Crippen LogP contribution in [0.25, 0.3) is 0 Å². The molecule has 1 aromatic heterocycles. The average Bonchev–Trinajstić information content (AvgIpc) is 2.79. The van der Waals surface area contributed by atoms with E-state index in [-0.39, 0.29) is 0 Å². The summed E-state index contributed by atoms with van der Waals surface area (Å²) in [5, 5.41) is 8.30. The lowest BCUT2D eigenvalue weighted by Gasteiger charge is -2.45. The van der Waals surface area contributed by atoms with Crippen molar-refractivity contribution < 1.29 is 4.74 Å². The zero-order chi connectivity index (χ0) is 19.6. The van der Waals surface area contributed by atoms with Crippen molar-refractivity contribution in [2.24, 2.45) is 0 Å². The summed E-state index contributed by atoms with van der Waals surface area (Å²) < 4.78 is 5.84. The van der Waals surface area contributed by atoms with Gasteiger partial charge in [0.15, 0.2) is 5.15 Å². The molecule has 7 heteroatoms. The summed E-state index contributed by atoms with van der Waals surface area (Å²) in [6, 6.07) is 11.8. The number of hydrogen-bond donors (Lipinski definition) is 0. The highest BCUT2D eigenvalue weighted by atomic mass is 35.5. The summed E-state index contributed by atoms with van der Waals surface area (Å²) in [5.74, 6) is 1.04. The molecule has 3 heterocycles. The summed E-state index contributed by atoms with van der Waals surface area (Å²) in [6.45, 7) is 6.07. The van der Waals surface area contributed by atoms with Gasteiger partial charge in [-0.15, -0.1) is 5.10 Å². The van der Waals surface area contributed by atoms with Gasteiger partial charge in [-0.2, -0.15) is 5.10 Å². The molecule has 1 saturated heterocycles. The SMILES string of the molecule is Clc1cc(N2CCN([C@H]3CC[C@@H](N4CCOc5ccccc54)CC3)CC2)cnn1. The molecule has 5 rings (SSSR count). The van der Waals surface area contributed by atoms with Crippen LogP contribution in [0.5, 0.6) is 5.75 Å². The minimum absolute atomic E-state index is 0.466. The third-order valence-corrected chi connectivity index (χ3v) is 6.86. The van der Waals surface area contributed by atoms with Gasteiger partial charge in [-0.1, -0.05) is 23.7 Å². The van der Waals surface area contributed by atoms with Crippen molar-refractivity contribution in [1.82, 2.24) is 15.1 Å². The van der Waals surface area contributed by atoms with Crippen LogP contribution < -0.4 is 14.5 Å². The van der Waals surface area contributed by atoms with Crippen LogP contribution in [0.1, 0.15) is 25.7 Å². The zero-order valence-corrected chi connectivity index (χ0v) is 17.5. The lowest BCUT2D eigenvalue weighted by Crippen LogP contribution is -2.52. The molecule has 0 amide bonds. The fourth-order valence-corrected chi connectivity index (χ4v) is 5.31. The lowest BCUT2D eigenvalue weighted by molar-refractivity contribution is 0.139. The molecule has 0 spiro atoms. The van der Waals surface area contributed by atoms with Crippen LogP contribution >= 0.6 is 11.6 Å². The molecule has 1 aliphatic carbocycles. The second-order valence-corrected chi connectivity index (χ2v) is 8.62. The first kappa shape index (κ1) is 18.9. The predicted molar refractivity (Wildman–Crippen MR) is 116 cm³/mol. The summed E-state index contributed by atoms with van der Waals surface area (Å²) in [5.41, 5.74) is 2.36. The Hall–Kier alpha value is -2.05. The van der Waals surface area contributed by atoms with Crippen molar-refractivity contribution in [3.05, 3.63) is 41.7 Å². The third-order valence-electron chi connectivity index (χ3n) is 6.68. The fraction of sp³-hybridized carbons (Fsp3) is 0.545. The molecule has 0 unspecified atom stereocenters. The average molecular weight is 414 g/mol. The number of ether oxygens (including phenoxy) is 1. The number of benzene rings is 1. The van der Waals surface area contributed by atoms with Gasteiger partial charge in [0.1, 0.15) is 12.4 Å². The Bertz CT molecular complexity index is 833. The first-order valence-electron chi connectivity index (χ1n) is 10.7. The molecule has 0 N–H and O–H groups in total. The lowest BCUT2D eigenvalue weighted by atomic mass is 9.88. The van der Waals surface area contributed by atoms with Gasteiger partial charge in [-0.25, -0.2) is 0 Å². The number of piperazine rings is 1. The van der Waals surface area contributed by atoms with Gasteiger partial charge < -0.3 is 14.5 Å². The predicted octanol–water partition coefficient (Wildman–Crippen LogP) is 3.46. The number of aromatic nitrogens is 2. The highest BCUT2D eigenvalue weighted by molar-refractivity contribution is 6.29. The molecule has 2 aliphatic heterocycles. The summed E-state index contributed by atoms with van der Waals surface area (Å²) in [4.78, 5) is 7.65. The molecule has 2 aromatic rings. The van der Waals surface area contributed by atoms with Gasteiger partial charge in [0.2, 0.25) is 0 Å². The third kappa shape index (κ3) is 4.01. The second kappa shape index (κ2) is 8.36. The van der Waals surface area contributed by atoms with Crippen molar-refractivity contribution in [3.8, 4) is 5.75 Å². The molecule has 3 aliphatic rings. The maximum absolute atomic E-state index is 6.00. The standard InChI is InChI=1S/C22H28ClN5O/c23-22-15-19(16-24-25-22)27-11-9-26(10-12-27)17-5-7-18(8-6-17)28-13-14-29-21-4-2-1-3-20(21)28/h1-4,15-18H,5-14H2/t17-,18+. The van der Waals surface area contributed by atoms with Crippen LogP contribution in [-0.2, 0) is 0 Å². The van der Waals surface area contributed by atoms with Crippen molar-refractivity contribution in [3.63, 3.8) is 0 Å². The highest BCUT2D eigenvalue weighted by Crippen LogP contribution is 2.37. The Morgan fingerprint density at radius 3 is 2.48 bits per heavy atom. The molecule has 0 atom stereocenters. The molecular weight excluding hydrogens is 386 g/mol. The molecule has 2 fully saturated rings. The molecular formula is C22H28ClN5O. The van der Waals surface area contributed by atoms with E-state index in [0.717, 1.165) is 50.8 Å². The normalized spacial score (nSPS) is 25.4. The van der Waals surface area contributed by atoms with Crippen molar-refractivity contribution in [2.75, 3.05) is 49.1 Å². The van der Waals surface area contributed by atoms with E-state index in [9.17, 15) is 0 Å². The van der Waals surface area contributed by atoms with Crippen molar-refractivity contribution >= 4 is 23.0 Å². The Morgan fingerprint density at radius 1 is 0.931 bits per heavy atom. The quantitative estimate of drug-likeness (QED) is 0.767. The first-order valence-corrected chi connectivity index (χ1v) is 11.1. The number of nitrogens with zero attached hydrogens (tertiary/aromatic N) is 5. The van der Waals surface area contributed by atoms with Crippen molar-refractivity contribution in [2.45, 2.75) is 37.8 Å². The highest BCUT2D eigenvalue weighted by Gasteiger charge is 2.32. The molecule has 0 bridgehead atoms. The molecule has 154 valence electrons. The number of para-hydroxylation sites is 2. The van der Waals surface area contributed by atoms with E-state index in [1.165, 1.54) is 31.4 Å². The maximum atomic E-state index is 6.00. The Kier molecular flexibility index (Phi) is 5.46. The summed E-state index contributed by atoms with van der Waals surface area (Å²) >= 11 is 6.00. The van der Waals surface area contributed by atoms with E-state index in [1.54, 1.807) is 0 Å². The largest absolute Gasteiger partial charge is 0.490 e. The number of anilines is 2. The molecule has 6 nitrogen and oxygen atoms in total. The van der Waals surface area contributed by atoms with Crippen LogP contribution in [0.4, 0.5) is 11.4 Å². The van der Waals surface area contributed by atoms with E-state index >= 15 is 0 Å². The minimum atomic E-state index is 0.466. The number of halogens is 1.